The summed E-state index contributed by atoms with van der Waals surface area (Å²) in [6.45, 7) is 3.76. The molecule has 0 saturated heterocycles. The van der Waals surface area contributed by atoms with Crippen LogP contribution in [-0.4, -0.2) is 17.3 Å². The fourth-order valence-electron chi connectivity index (χ4n) is 0.267. The molecule has 0 aromatic rings. The van der Waals surface area contributed by atoms with E-state index in [4.69, 9.17) is 0 Å². The number of carbonyl (C=O) groups excluding carboxylic acids is 1. The lowest BCUT2D eigenvalue weighted by atomic mass is 10.5. The van der Waals surface area contributed by atoms with E-state index < -0.39 is 0 Å². The Morgan fingerprint density at radius 2 is 2.11 bits per heavy atom. The maximum Gasteiger partial charge on any atom is 0.140 e. The third-order valence-electron chi connectivity index (χ3n) is 0.633. The van der Waals surface area contributed by atoms with Crippen LogP contribution in [0.15, 0.2) is 0 Å². The van der Waals surface area contributed by atoms with Gasteiger partial charge in [0.2, 0.25) is 0 Å². The van der Waals surface area contributed by atoms with E-state index >= 15 is 0 Å². The fourth-order valence-corrected chi connectivity index (χ4v) is 2.40. The zero-order valence-corrected chi connectivity index (χ0v) is 7.48. The van der Waals surface area contributed by atoms with Crippen molar-refractivity contribution in [2.75, 3.05) is 11.5 Å². The molecule has 0 saturated carbocycles. The number of carbonyl (C=O) groups is 1. The first-order chi connectivity index (χ1) is 4.27. The van der Waals surface area contributed by atoms with Gasteiger partial charge in [-0.1, -0.05) is 28.5 Å². The third kappa shape index (κ3) is 8.37. The Hall–Kier alpha value is 0.370. The Balaban J connectivity index is 2.83. The maximum atomic E-state index is 10.4. The Labute approximate surface area is 64.4 Å². The van der Waals surface area contributed by atoms with Crippen LogP contribution in [0.4, 0.5) is 0 Å². The van der Waals surface area contributed by atoms with Gasteiger partial charge in [0, 0.05) is 5.75 Å². The number of hydrogen-bond donors (Lipinski definition) is 0. The van der Waals surface area contributed by atoms with Crippen molar-refractivity contribution in [3.8, 4) is 0 Å². The molecule has 0 fully saturated rings. The molecule has 0 unspecified atom stereocenters. The first-order valence-corrected chi connectivity index (χ1v) is 5.50. The predicted molar refractivity (Wildman–Crippen MR) is 45.9 cm³/mol. The van der Waals surface area contributed by atoms with Crippen LogP contribution < -0.4 is 0 Å². The standard InChI is InChI=1S/C6H12OS2/c1-3-4-8-9-5-6(2)7/h3-5H2,1-2H3. The van der Waals surface area contributed by atoms with E-state index in [0.29, 0.717) is 5.75 Å². The van der Waals surface area contributed by atoms with E-state index in [1.165, 1.54) is 6.42 Å². The van der Waals surface area contributed by atoms with Crippen molar-refractivity contribution < 1.29 is 4.79 Å². The van der Waals surface area contributed by atoms with Crippen LogP contribution in [0.25, 0.3) is 0 Å². The summed E-state index contributed by atoms with van der Waals surface area (Å²) in [5, 5.41) is 0. The second-order valence-corrected chi connectivity index (χ2v) is 4.37. The van der Waals surface area contributed by atoms with Gasteiger partial charge in [0.05, 0.1) is 5.75 Å². The molecule has 3 heteroatoms. The van der Waals surface area contributed by atoms with Crippen molar-refractivity contribution in [2.45, 2.75) is 20.3 Å². The molecule has 0 N–H and O–H groups in total. The summed E-state index contributed by atoms with van der Waals surface area (Å²) in [6, 6.07) is 0. The topological polar surface area (TPSA) is 17.1 Å². The third-order valence-corrected chi connectivity index (χ3v) is 3.25. The van der Waals surface area contributed by atoms with Gasteiger partial charge < -0.3 is 0 Å². The van der Waals surface area contributed by atoms with Crippen molar-refractivity contribution in [3.05, 3.63) is 0 Å². The molecular weight excluding hydrogens is 152 g/mol. The van der Waals surface area contributed by atoms with E-state index in [9.17, 15) is 4.79 Å². The monoisotopic (exact) mass is 164 g/mol. The van der Waals surface area contributed by atoms with Crippen molar-refractivity contribution in [1.29, 1.82) is 0 Å². The Bertz CT molecular complexity index is 83.1. The summed E-state index contributed by atoms with van der Waals surface area (Å²) in [6.07, 6.45) is 1.19. The summed E-state index contributed by atoms with van der Waals surface area (Å²) in [5.74, 6) is 2.08. The van der Waals surface area contributed by atoms with Gasteiger partial charge in [-0.15, -0.1) is 0 Å². The summed E-state index contributed by atoms with van der Waals surface area (Å²) in [4.78, 5) is 10.4. The van der Waals surface area contributed by atoms with Crippen LogP contribution in [0.3, 0.4) is 0 Å². The van der Waals surface area contributed by atoms with Crippen LogP contribution in [0, 0.1) is 0 Å². The summed E-state index contributed by atoms with van der Waals surface area (Å²) < 4.78 is 0. The van der Waals surface area contributed by atoms with Gasteiger partial charge in [0.1, 0.15) is 5.78 Å². The minimum absolute atomic E-state index is 0.267. The lowest BCUT2D eigenvalue weighted by molar-refractivity contribution is -0.114. The average Bonchev–Trinajstić information content (AvgIpc) is 1.80. The minimum atomic E-state index is 0.267. The molecule has 0 aliphatic heterocycles. The van der Waals surface area contributed by atoms with Crippen LogP contribution in [0.1, 0.15) is 20.3 Å². The number of rotatable bonds is 5. The Morgan fingerprint density at radius 1 is 1.44 bits per heavy atom. The van der Waals surface area contributed by atoms with Crippen molar-refractivity contribution >= 4 is 27.4 Å². The van der Waals surface area contributed by atoms with E-state index in [1.807, 2.05) is 0 Å². The van der Waals surface area contributed by atoms with Crippen LogP contribution in [-0.2, 0) is 4.79 Å². The molecule has 9 heavy (non-hydrogen) atoms. The zero-order chi connectivity index (χ0) is 7.11. The first kappa shape index (κ1) is 9.37. The van der Waals surface area contributed by atoms with Crippen molar-refractivity contribution in [1.82, 2.24) is 0 Å². The van der Waals surface area contributed by atoms with Crippen LogP contribution >= 0.6 is 21.6 Å². The lowest BCUT2D eigenvalue weighted by Crippen LogP contribution is -1.90. The molecule has 0 rings (SSSR count). The van der Waals surface area contributed by atoms with E-state index in [-0.39, 0.29) is 5.78 Å². The smallest absolute Gasteiger partial charge is 0.140 e. The average molecular weight is 164 g/mol. The Kier molecular flexibility index (Phi) is 6.76. The van der Waals surface area contributed by atoms with Gasteiger partial charge in [-0.2, -0.15) is 0 Å². The molecule has 1 nitrogen and oxygen atoms in total. The molecule has 0 heterocycles. The maximum absolute atomic E-state index is 10.4. The molecule has 0 atom stereocenters. The Morgan fingerprint density at radius 3 is 2.56 bits per heavy atom. The minimum Gasteiger partial charge on any atom is -0.299 e. The summed E-state index contributed by atoms with van der Waals surface area (Å²) in [5.41, 5.74) is 0. The van der Waals surface area contributed by atoms with E-state index in [2.05, 4.69) is 6.92 Å². The van der Waals surface area contributed by atoms with Crippen molar-refractivity contribution in [2.24, 2.45) is 0 Å². The molecule has 0 bridgehead atoms. The molecule has 0 aliphatic carbocycles. The summed E-state index contributed by atoms with van der Waals surface area (Å²) >= 11 is 0. The van der Waals surface area contributed by atoms with Gasteiger partial charge in [0.25, 0.3) is 0 Å². The number of ketones is 1. The molecule has 0 amide bonds. The highest BCUT2D eigenvalue weighted by Crippen LogP contribution is 2.21. The molecule has 0 aromatic heterocycles. The summed E-state index contributed by atoms with van der Waals surface area (Å²) in [7, 11) is 3.43. The predicted octanol–water partition coefficient (Wildman–Crippen LogP) is 2.37. The van der Waals surface area contributed by atoms with Gasteiger partial charge in [-0.05, 0) is 13.3 Å². The second kappa shape index (κ2) is 6.49. The molecule has 0 radical (unpaired) electrons. The van der Waals surface area contributed by atoms with Crippen molar-refractivity contribution in [3.63, 3.8) is 0 Å². The fraction of sp³-hybridized carbons (Fsp3) is 0.833. The van der Waals surface area contributed by atoms with Gasteiger partial charge in [0.15, 0.2) is 0 Å². The highest BCUT2D eigenvalue weighted by molar-refractivity contribution is 8.76. The van der Waals surface area contributed by atoms with Gasteiger partial charge in [-0.3, -0.25) is 4.79 Å². The number of hydrogen-bond acceptors (Lipinski definition) is 3. The molecular formula is C6H12OS2. The molecule has 54 valence electrons. The van der Waals surface area contributed by atoms with Crippen LogP contribution in [0.5, 0.6) is 0 Å². The SMILES string of the molecule is CCCSSCC(C)=O. The number of Topliss-reactive ketones (excluding diaryl/α,β-unsaturated/α-hetero) is 1. The highest BCUT2D eigenvalue weighted by Gasteiger charge is 1.91. The van der Waals surface area contributed by atoms with Gasteiger partial charge >= 0.3 is 0 Å². The largest absolute Gasteiger partial charge is 0.299 e. The first-order valence-electron chi connectivity index (χ1n) is 3.01. The lowest BCUT2D eigenvalue weighted by Gasteiger charge is -1.93. The molecule has 0 aromatic carbocycles. The zero-order valence-electron chi connectivity index (χ0n) is 5.85. The van der Waals surface area contributed by atoms with E-state index in [0.717, 1.165) is 5.75 Å². The molecule has 0 spiro atoms. The quantitative estimate of drug-likeness (QED) is 0.458. The normalized spacial score (nSPS) is 9.56. The van der Waals surface area contributed by atoms with Crippen LogP contribution in [0.2, 0.25) is 0 Å². The van der Waals surface area contributed by atoms with E-state index in [1.54, 1.807) is 28.5 Å². The second-order valence-electron chi connectivity index (χ2n) is 1.79. The molecule has 0 aliphatic rings. The highest BCUT2D eigenvalue weighted by atomic mass is 33.1. The van der Waals surface area contributed by atoms with Gasteiger partial charge in [-0.25, -0.2) is 0 Å².